The van der Waals surface area contributed by atoms with Crippen LogP contribution < -0.4 is 10.6 Å². The van der Waals surface area contributed by atoms with Crippen LogP contribution in [0.2, 0.25) is 0 Å². The number of hydrogen-bond donors (Lipinski definition) is 2. The number of carbonyl (C=O) groups is 2. The van der Waals surface area contributed by atoms with Crippen LogP contribution in [0.5, 0.6) is 0 Å². The van der Waals surface area contributed by atoms with Gasteiger partial charge in [0.25, 0.3) is 5.91 Å². The Morgan fingerprint density at radius 1 is 1.35 bits per heavy atom. The summed E-state index contributed by atoms with van der Waals surface area (Å²) in [6.45, 7) is 2.59. The third-order valence-electron chi connectivity index (χ3n) is 3.50. The summed E-state index contributed by atoms with van der Waals surface area (Å²) in [7, 11) is 0. The van der Waals surface area contributed by atoms with E-state index in [0.29, 0.717) is 6.54 Å². The van der Waals surface area contributed by atoms with Crippen LogP contribution in [0.25, 0.3) is 0 Å². The van der Waals surface area contributed by atoms with Crippen molar-refractivity contribution in [3.63, 3.8) is 0 Å². The quantitative estimate of drug-likeness (QED) is 0.883. The molecule has 1 aromatic heterocycles. The van der Waals surface area contributed by atoms with Crippen LogP contribution in [0.15, 0.2) is 12.3 Å². The van der Waals surface area contributed by atoms with E-state index in [1.807, 2.05) is 6.92 Å². The lowest BCUT2D eigenvalue weighted by Crippen LogP contribution is -2.39. The predicted molar refractivity (Wildman–Crippen MR) is 75.7 cm³/mol. The third-order valence-corrected chi connectivity index (χ3v) is 3.50. The van der Waals surface area contributed by atoms with Gasteiger partial charge in [0.15, 0.2) is 5.69 Å². The topological polar surface area (TPSA) is 76.0 Å². The smallest absolute Gasteiger partial charge is 0.342 e. The number of nitrogens with zero attached hydrogens (tertiary/aromatic N) is 2. The first-order chi connectivity index (χ1) is 9.70. The molecule has 1 fully saturated rings. The van der Waals surface area contributed by atoms with Gasteiger partial charge in [-0.15, -0.1) is 0 Å². The van der Waals surface area contributed by atoms with E-state index in [1.54, 1.807) is 6.07 Å². The Morgan fingerprint density at radius 3 is 2.80 bits per heavy atom. The Balaban J connectivity index is 1.90. The molecule has 2 N–H and O–H groups in total. The minimum Gasteiger partial charge on any atom is -0.351 e. The number of amides is 2. The first-order valence-electron chi connectivity index (χ1n) is 7.35. The molecule has 110 valence electrons. The van der Waals surface area contributed by atoms with Crippen molar-refractivity contribution < 1.29 is 9.59 Å². The molecule has 1 saturated carbocycles. The first kappa shape index (κ1) is 14.6. The van der Waals surface area contributed by atoms with E-state index in [9.17, 15) is 9.59 Å². The summed E-state index contributed by atoms with van der Waals surface area (Å²) in [6, 6.07) is 1.54. The van der Waals surface area contributed by atoms with Gasteiger partial charge in [0.2, 0.25) is 0 Å². The second-order valence-electron chi connectivity index (χ2n) is 5.19. The molecule has 0 bridgehead atoms. The highest BCUT2D eigenvalue weighted by Crippen LogP contribution is 2.17. The Kier molecular flexibility index (Phi) is 5.15. The van der Waals surface area contributed by atoms with Crippen molar-refractivity contribution >= 4 is 11.9 Å². The van der Waals surface area contributed by atoms with Gasteiger partial charge in [-0.05, 0) is 25.3 Å². The van der Waals surface area contributed by atoms with Crippen LogP contribution in [0.3, 0.4) is 0 Å². The van der Waals surface area contributed by atoms with Gasteiger partial charge in [-0.2, -0.15) is 9.78 Å². The minimum atomic E-state index is -0.258. The Morgan fingerprint density at radius 2 is 2.10 bits per heavy atom. The summed E-state index contributed by atoms with van der Waals surface area (Å²) in [5.74, 6) is -0.240. The Labute approximate surface area is 118 Å². The standard InChI is InChI=1S/C14H22N4O2/c1-2-9-15-13(19)12-8-10-18(17-12)14(20)16-11-6-4-3-5-7-11/h8,10-11H,2-7,9H2,1H3,(H,15,19)(H,16,20). The van der Waals surface area contributed by atoms with Crippen molar-refractivity contribution in [1.29, 1.82) is 0 Å². The number of carbonyl (C=O) groups excluding carboxylic acids is 2. The van der Waals surface area contributed by atoms with Gasteiger partial charge in [-0.1, -0.05) is 26.2 Å². The molecule has 0 atom stereocenters. The van der Waals surface area contributed by atoms with Crippen molar-refractivity contribution in [3.8, 4) is 0 Å². The number of hydrogen-bond acceptors (Lipinski definition) is 3. The Hall–Kier alpha value is -1.85. The third kappa shape index (κ3) is 3.82. The fraction of sp³-hybridized carbons (Fsp3) is 0.643. The normalized spacial score (nSPS) is 15.8. The lowest BCUT2D eigenvalue weighted by molar-refractivity contribution is 0.0948. The molecule has 1 aliphatic rings. The predicted octanol–water partition coefficient (Wildman–Crippen LogP) is 1.91. The lowest BCUT2D eigenvalue weighted by Gasteiger charge is -2.22. The summed E-state index contributed by atoms with van der Waals surface area (Å²) < 4.78 is 1.20. The molecule has 6 heteroatoms. The van der Waals surface area contributed by atoms with Gasteiger partial charge in [-0.3, -0.25) is 4.79 Å². The zero-order valence-electron chi connectivity index (χ0n) is 11.9. The molecular formula is C14H22N4O2. The highest BCUT2D eigenvalue weighted by Gasteiger charge is 2.18. The molecule has 0 saturated heterocycles. The van der Waals surface area contributed by atoms with E-state index in [4.69, 9.17) is 0 Å². The van der Waals surface area contributed by atoms with Gasteiger partial charge >= 0.3 is 6.03 Å². The lowest BCUT2D eigenvalue weighted by atomic mass is 9.96. The van der Waals surface area contributed by atoms with Crippen molar-refractivity contribution in [2.45, 2.75) is 51.5 Å². The maximum absolute atomic E-state index is 12.0. The number of aromatic nitrogens is 2. The number of rotatable bonds is 4. The van der Waals surface area contributed by atoms with Gasteiger partial charge in [0.05, 0.1) is 0 Å². The van der Waals surface area contributed by atoms with E-state index in [-0.39, 0.29) is 23.7 Å². The molecule has 1 aromatic rings. The van der Waals surface area contributed by atoms with Crippen LogP contribution in [0, 0.1) is 0 Å². The van der Waals surface area contributed by atoms with Crippen LogP contribution in [-0.2, 0) is 0 Å². The summed E-state index contributed by atoms with van der Waals surface area (Å²) in [4.78, 5) is 23.7. The van der Waals surface area contributed by atoms with Crippen LogP contribution in [0.4, 0.5) is 4.79 Å². The van der Waals surface area contributed by atoms with Crippen molar-refractivity contribution in [3.05, 3.63) is 18.0 Å². The van der Waals surface area contributed by atoms with Gasteiger partial charge in [0.1, 0.15) is 0 Å². The van der Waals surface area contributed by atoms with Crippen molar-refractivity contribution in [2.24, 2.45) is 0 Å². The second kappa shape index (κ2) is 7.07. The monoisotopic (exact) mass is 278 g/mol. The largest absolute Gasteiger partial charge is 0.351 e. The van der Waals surface area contributed by atoms with Crippen LogP contribution in [0.1, 0.15) is 55.9 Å². The molecule has 0 aliphatic heterocycles. The van der Waals surface area contributed by atoms with E-state index in [0.717, 1.165) is 32.1 Å². The molecule has 2 amide bonds. The second-order valence-corrected chi connectivity index (χ2v) is 5.19. The fourth-order valence-corrected chi connectivity index (χ4v) is 2.37. The van der Waals surface area contributed by atoms with Crippen LogP contribution >= 0.6 is 0 Å². The summed E-state index contributed by atoms with van der Waals surface area (Å²) >= 11 is 0. The molecule has 0 spiro atoms. The maximum Gasteiger partial charge on any atom is 0.342 e. The SMILES string of the molecule is CCCNC(=O)c1ccn(C(=O)NC2CCCCC2)n1. The van der Waals surface area contributed by atoms with Gasteiger partial charge in [0, 0.05) is 18.8 Å². The van der Waals surface area contributed by atoms with Crippen molar-refractivity contribution in [2.75, 3.05) is 6.54 Å². The average molecular weight is 278 g/mol. The summed E-state index contributed by atoms with van der Waals surface area (Å²) in [6.07, 6.45) is 8.01. The molecular weight excluding hydrogens is 256 g/mol. The first-order valence-corrected chi connectivity index (χ1v) is 7.35. The molecule has 20 heavy (non-hydrogen) atoms. The Bertz CT molecular complexity index is 463. The molecule has 6 nitrogen and oxygen atoms in total. The zero-order valence-corrected chi connectivity index (χ0v) is 11.9. The maximum atomic E-state index is 12.0. The van der Waals surface area contributed by atoms with E-state index < -0.39 is 0 Å². The summed E-state index contributed by atoms with van der Waals surface area (Å²) in [5.41, 5.74) is 0.275. The molecule has 0 aromatic carbocycles. The van der Waals surface area contributed by atoms with Gasteiger partial charge < -0.3 is 10.6 Å². The molecule has 2 rings (SSSR count). The summed E-state index contributed by atoms with van der Waals surface area (Å²) in [5, 5.41) is 9.72. The van der Waals surface area contributed by atoms with E-state index >= 15 is 0 Å². The molecule has 1 aliphatic carbocycles. The van der Waals surface area contributed by atoms with Crippen LogP contribution in [-0.4, -0.2) is 34.3 Å². The average Bonchev–Trinajstić information content (AvgIpc) is 2.96. The zero-order chi connectivity index (χ0) is 14.4. The highest BCUT2D eigenvalue weighted by molar-refractivity contribution is 5.92. The van der Waals surface area contributed by atoms with E-state index in [1.165, 1.54) is 17.3 Å². The molecule has 0 unspecified atom stereocenters. The molecule has 1 heterocycles. The molecule has 0 radical (unpaired) electrons. The van der Waals surface area contributed by atoms with E-state index in [2.05, 4.69) is 15.7 Å². The fourth-order valence-electron chi connectivity index (χ4n) is 2.37. The van der Waals surface area contributed by atoms with Gasteiger partial charge in [-0.25, -0.2) is 4.79 Å². The minimum absolute atomic E-state index is 0.234. The highest BCUT2D eigenvalue weighted by atomic mass is 16.2. The number of nitrogens with one attached hydrogen (secondary N) is 2. The van der Waals surface area contributed by atoms with Crippen molar-refractivity contribution in [1.82, 2.24) is 20.4 Å².